The van der Waals surface area contributed by atoms with Gasteiger partial charge < -0.3 is 10.2 Å². The van der Waals surface area contributed by atoms with E-state index in [0.717, 1.165) is 38.8 Å². The SMILES string of the molecule is CC1CC(C(=O)N2CCCC2c2ccsc2)CCN1. The van der Waals surface area contributed by atoms with Gasteiger partial charge in [0.15, 0.2) is 0 Å². The third kappa shape index (κ3) is 2.70. The highest BCUT2D eigenvalue weighted by molar-refractivity contribution is 7.07. The number of piperidine rings is 1. The highest BCUT2D eigenvalue weighted by Gasteiger charge is 2.35. The van der Waals surface area contributed by atoms with E-state index in [4.69, 9.17) is 0 Å². The largest absolute Gasteiger partial charge is 0.335 e. The van der Waals surface area contributed by atoms with E-state index in [2.05, 4.69) is 34.0 Å². The molecular weight excluding hydrogens is 256 g/mol. The van der Waals surface area contributed by atoms with Crippen LogP contribution in [0.3, 0.4) is 0 Å². The molecule has 1 aromatic rings. The average molecular weight is 278 g/mol. The second-order valence-electron chi connectivity index (χ2n) is 5.82. The Bertz CT molecular complexity index is 431. The van der Waals surface area contributed by atoms with Gasteiger partial charge in [0.25, 0.3) is 0 Å². The summed E-state index contributed by atoms with van der Waals surface area (Å²) in [6.07, 6.45) is 4.26. The molecule has 0 saturated carbocycles. The van der Waals surface area contributed by atoms with Gasteiger partial charge in [-0.3, -0.25) is 4.79 Å². The van der Waals surface area contributed by atoms with Crippen molar-refractivity contribution >= 4 is 17.2 Å². The summed E-state index contributed by atoms with van der Waals surface area (Å²) in [5, 5.41) is 7.74. The zero-order valence-corrected chi connectivity index (χ0v) is 12.3. The van der Waals surface area contributed by atoms with Gasteiger partial charge in [0.2, 0.25) is 5.91 Å². The lowest BCUT2D eigenvalue weighted by atomic mass is 9.91. The molecule has 3 atom stereocenters. The molecule has 4 heteroatoms. The summed E-state index contributed by atoms with van der Waals surface area (Å²) in [4.78, 5) is 14.9. The highest BCUT2D eigenvalue weighted by atomic mass is 32.1. The van der Waals surface area contributed by atoms with Gasteiger partial charge in [-0.05, 0) is 61.5 Å². The molecular formula is C15H22N2OS. The summed E-state index contributed by atoms with van der Waals surface area (Å²) in [7, 11) is 0. The lowest BCUT2D eigenvalue weighted by molar-refractivity contribution is -0.137. The summed E-state index contributed by atoms with van der Waals surface area (Å²) in [6, 6.07) is 2.99. The van der Waals surface area contributed by atoms with Gasteiger partial charge in [-0.25, -0.2) is 0 Å². The van der Waals surface area contributed by atoms with Gasteiger partial charge in [-0.1, -0.05) is 0 Å². The van der Waals surface area contributed by atoms with Crippen LogP contribution in [0.15, 0.2) is 16.8 Å². The minimum atomic E-state index is 0.232. The first-order chi connectivity index (χ1) is 9.25. The van der Waals surface area contributed by atoms with E-state index in [1.165, 1.54) is 5.56 Å². The molecule has 3 unspecified atom stereocenters. The van der Waals surface area contributed by atoms with E-state index in [1.807, 2.05) is 0 Å². The Hall–Kier alpha value is -0.870. The summed E-state index contributed by atoms with van der Waals surface area (Å²) in [5.41, 5.74) is 1.33. The topological polar surface area (TPSA) is 32.3 Å². The van der Waals surface area contributed by atoms with Gasteiger partial charge in [0.1, 0.15) is 0 Å². The minimum Gasteiger partial charge on any atom is -0.335 e. The summed E-state index contributed by atoms with van der Waals surface area (Å²) >= 11 is 1.73. The Kier molecular flexibility index (Phi) is 3.89. The molecule has 19 heavy (non-hydrogen) atoms. The number of amides is 1. The summed E-state index contributed by atoms with van der Waals surface area (Å²) < 4.78 is 0. The van der Waals surface area contributed by atoms with Crippen molar-refractivity contribution in [1.82, 2.24) is 10.2 Å². The average Bonchev–Trinajstić information content (AvgIpc) is 3.08. The molecule has 3 heterocycles. The fourth-order valence-electron chi connectivity index (χ4n) is 3.43. The molecule has 0 aromatic carbocycles. The summed E-state index contributed by atoms with van der Waals surface area (Å²) in [6.45, 7) is 4.10. The van der Waals surface area contributed by atoms with Gasteiger partial charge in [0.05, 0.1) is 6.04 Å². The molecule has 0 spiro atoms. The first-order valence-corrected chi connectivity index (χ1v) is 8.26. The molecule has 0 aliphatic carbocycles. The van der Waals surface area contributed by atoms with Gasteiger partial charge in [0, 0.05) is 18.5 Å². The molecule has 1 N–H and O–H groups in total. The van der Waals surface area contributed by atoms with Crippen LogP contribution >= 0.6 is 11.3 Å². The molecule has 1 amide bonds. The number of hydrogen-bond donors (Lipinski definition) is 1. The zero-order valence-electron chi connectivity index (χ0n) is 11.5. The quantitative estimate of drug-likeness (QED) is 0.902. The molecule has 104 valence electrons. The maximum absolute atomic E-state index is 12.8. The van der Waals surface area contributed by atoms with Crippen LogP contribution in [-0.2, 0) is 4.79 Å². The van der Waals surface area contributed by atoms with E-state index in [1.54, 1.807) is 11.3 Å². The molecule has 1 aromatic heterocycles. The van der Waals surface area contributed by atoms with E-state index in [9.17, 15) is 4.79 Å². The van der Waals surface area contributed by atoms with Crippen molar-refractivity contribution in [2.75, 3.05) is 13.1 Å². The van der Waals surface area contributed by atoms with E-state index < -0.39 is 0 Å². The minimum absolute atomic E-state index is 0.232. The molecule has 2 aliphatic heterocycles. The van der Waals surface area contributed by atoms with Crippen molar-refractivity contribution in [2.45, 2.75) is 44.7 Å². The van der Waals surface area contributed by atoms with Gasteiger partial charge >= 0.3 is 0 Å². The normalized spacial score (nSPS) is 31.6. The number of rotatable bonds is 2. The monoisotopic (exact) mass is 278 g/mol. The van der Waals surface area contributed by atoms with Crippen LogP contribution in [0.2, 0.25) is 0 Å². The van der Waals surface area contributed by atoms with Crippen LogP contribution in [0.4, 0.5) is 0 Å². The molecule has 3 rings (SSSR count). The first-order valence-electron chi connectivity index (χ1n) is 7.31. The zero-order chi connectivity index (χ0) is 13.2. The maximum atomic E-state index is 12.8. The smallest absolute Gasteiger partial charge is 0.226 e. The Balaban J connectivity index is 1.71. The fourth-order valence-corrected chi connectivity index (χ4v) is 4.14. The molecule has 0 bridgehead atoms. The third-order valence-corrected chi connectivity index (χ3v) is 5.14. The number of hydrogen-bond acceptors (Lipinski definition) is 3. The van der Waals surface area contributed by atoms with Crippen molar-refractivity contribution in [2.24, 2.45) is 5.92 Å². The molecule has 2 aliphatic rings. The standard InChI is InChI=1S/C15H22N2OS/c1-11-9-12(4-6-16-11)15(18)17-7-2-3-14(17)13-5-8-19-10-13/h5,8,10-12,14,16H,2-4,6-7,9H2,1H3. The van der Waals surface area contributed by atoms with E-state index in [0.29, 0.717) is 18.0 Å². The van der Waals surface area contributed by atoms with Crippen molar-refractivity contribution in [3.63, 3.8) is 0 Å². The van der Waals surface area contributed by atoms with Crippen molar-refractivity contribution in [1.29, 1.82) is 0 Å². The van der Waals surface area contributed by atoms with Crippen LogP contribution in [0, 0.1) is 5.92 Å². The Morgan fingerprint density at radius 1 is 1.47 bits per heavy atom. The second-order valence-corrected chi connectivity index (χ2v) is 6.60. The van der Waals surface area contributed by atoms with Crippen LogP contribution in [-0.4, -0.2) is 29.9 Å². The molecule has 0 radical (unpaired) electrons. The van der Waals surface area contributed by atoms with Crippen LogP contribution in [0.1, 0.15) is 44.2 Å². The number of carbonyl (C=O) groups excluding carboxylic acids is 1. The summed E-state index contributed by atoms with van der Waals surface area (Å²) in [5.74, 6) is 0.623. The number of carbonyl (C=O) groups is 1. The molecule has 2 saturated heterocycles. The van der Waals surface area contributed by atoms with Crippen molar-refractivity contribution < 1.29 is 4.79 Å². The van der Waals surface area contributed by atoms with Gasteiger partial charge in [-0.15, -0.1) is 0 Å². The number of likely N-dealkylation sites (tertiary alicyclic amines) is 1. The van der Waals surface area contributed by atoms with Crippen LogP contribution in [0.25, 0.3) is 0 Å². The van der Waals surface area contributed by atoms with Crippen molar-refractivity contribution in [3.8, 4) is 0 Å². The number of nitrogens with zero attached hydrogens (tertiary/aromatic N) is 1. The number of nitrogens with one attached hydrogen (secondary N) is 1. The maximum Gasteiger partial charge on any atom is 0.226 e. The van der Waals surface area contributed by atoms with Crippen LogP contribution in [0.5, 0.6) is 0 Å². The molecule has 2 fully saturated rings. The third-order valence-electron chi connectivity index (χ3n) is 4.44. The lowest BCUT2D eigenvalue weighted by Gasteiger charge is -2.33. The highest BCUT2D eigenvalue weighted by Crippen LogP contribution is 2.35. The van der Waals surface area contributed by atoms with E-state index in [-0.39, 0.29) is 5.92 Å². The predicted octanol–water partition coefficient (Wildman–Crippen LogP) is 2.80. The number of thiophene rings is 1. The predicted molar refractivity (Wildman–Crippen MR) is 78.2 cm³/mol. The van der Waals surface area contributed by atoms with E-state index >= 15 is 0 Å². The van der Waals surface area contributed by atoms with Crippen LogP contribution < -0.4 is 5.32 Å². The fraction of sp³-hybridized carbons (Fsp3) is 0.667. The first kappa shape index (κ1) is 13.1. The van der Waals surface area contributed by atoms with Crippen molar-refractivity contribution in [3.05, 3.63) is 22.4 Å². The lowest BCUT2D eigenvalue weighted by Crippen LogP contribution is -2.43. The Labute approximate surface area is 119 Å². The molecule has 3 nitrogen and oxygen atoms in total. The Morgan fingerprint density at radius 3 is 3.11 bits per heavy atom. The van der Waals surface area contributed by atoms with Gasteiger partial charge in [-0.2, -0.15) is 11.3 Å². The Morgan fingerprint density at radius 2 is 2.37 bits per heavy atom. The second kappa shape index (κ2) is 5.63.